The second-order valence-electron chi connectivity index (χ2n) is 5.74. The van der Waals surface area contributed by atoms with E-state index in [1.165, 1.54) is 12.1 Å². The van der Waals surface area contributed by atoms with Crippen molar-refractivity contribution in [3.63, 3.8) is 0 Å². The normalized spacial score (nSPS) is 11.8. The van der Waals surface area contributed by atoms with Crippen molar-refractivity contribution in [3.8, 4) is 11.5 Å². The molecule has 2 rings (SSSR count). The number of carbonyl (C=O) groups excluding carboxylic acids is 1. The van der Waals surface area contributed by atoms with E-state index in [-0.39, 0.29) is 11.7 Å². The zero-order valence-corrected chi connectivity index (χ0v) is 14.4. The largest absolute Gasteiger partial charge is 0.497 e. The van der Waals surface area contributed by atoms with E-state index in [1.54, 1.807) is 32.4 Å². The molecule has 25 heavy (non-hydrogen) atoms. The number of ether oxygens (including phenoxy) is 2. The molecule has 1 unspecified atom stereocenters. The molecule has 2 aromatic rings. The van der Waals surface area contributed by atoms with E-state index in [9.17, 15) is 9.18 Å². The van der Waals surface area contributed by atoms with Crippen molar-refractivity contribution in [1.82, 2.24) is 5.32 Å². The Morgan fingerprint density at radius 1 is 1.16 bits per heavy atom. The van der Waals surface area contributed by atoms with Gasteiger partial charge in [0.2, 0.25) is 5.91 Å². The summed E-state index contributed by atoms with van der Waals surface area (Å²) in [6.07, 6.45) is 0.461. The van der Waals surface area contributed by atoms with Crippen LogP contribution in [0.25, 0.3) is 0 Å². The lowest BCUT2D eigenvalue weighted by Crippen LogP contribution is -2.34. The molecule has 2 aromatic carbocycles. The van der Waals surface area contributed by atoms with Crippen molar-refractivity contribution >= 4 is 5.91 Å². The van der Waals surface area contributed by atoms with Gasteiger partial charge in [0.15, 0.2) is 0 Å². The third kappa shape index (κ3) is 5.46. The van der Waals surface area contributed by atoms with E-state index in [0.29, 0.717) is 31.0 Å². The summed E-state index contributed by atoms with van der Waals surface area (Å²) in [6, 6.07) is 11.6. The number of hydrogen-bond donors (Lipinski definition) is 2. The first-order valence-electron chi connectivity index (χ1n) is 7.99. The van der Waals surface area contributed by atoms with Gasteiger partial charge in [0.1, 0.15) is 17.3 Å². The summed E-state index contributed by atoms with van der Waals surface area (Å²) < 4.78 is 23.5. The number of methoxy groups -OCH3 is 2. The molecule has 0 aliphatic rings. The molecule has 0 aliphatic carbocycles. The highest BCUT2D eigenvalue weighted by Crippen LogP contribution is 2.24. The van der Waals surface area contributed by atoms with Crippen molar-refractivity contribution in [3.05, 3.63) is 59.4 Å². The highest BCUT2D eigenvalue weighted by Gasteiger charge is 2.16. The lowest BCUT2D eigenvalue weighted by Gasteiger charge is -2.16. The van der Waals surface area contributed by atoms with Crippen LogP contribution in [0, 0.1) is 11.7 Å². The van der Waals surface area contributed by atoms with Crippen molar-refractivity contribution in [2.24, 2.45) is 11.7 Å². The van der Waals surface area contributed by atoms with E-state index in [0.717, 1.165) is 11.1 Å². The van der Waals surface area contributed by atoms with Gasteiger partial charge >= 0.3 is 0 Å². The molecule has 0 spiro atoms. The monoisotopic (exact) mass is 346 g/mol. The summed E-state index contributed by atoms with van der Waals surface area (Å²) in [7, 11) is 3.19. The molecule has 0 heterocycles. The standard InChI is InChI=1S/C19H23FN2O3/c1-24-17-8-5-14(18(10-17)25-2)11-22-12-15(19(21)23)9-13-3-6-16(20)7-4-13/h3-8,10,15,22H,9,11-12H2,1-2H3,(H2,21,23). The maximum Gasteiger partial charge on any atom is 0.222 e. The van der Waals surface area contributed by atoms with Crippen LogP contribution in [0.4, 0.5) is 4.39 Å². The summed E-state index contributed by atoms with van der Waals surface area (Å²) >= 11 is 0. The SMILES string of the molecule is COc1ccc(CNCC(Cc2ccc(F)cc2)C(N)=O)c(OC)c1. The quantitative estimate of drug-likeness (QED) is 0.731. The number of primary amides is 1. The van der Waals surface area contributed by atoms with Gasteiger partial charge < -0.3 is 20.5 Å². The number of nitrogens with two attached hydrogens (primary N) is 1. The molecule has 0 saturated heterocycles. The van der Waals surface area contributed by atoms with E-state index in [2.05, 4.69) is 5.32 Å². The van der Waals surface area contributed by atoms with Crippen molar-refractivity contribution in [2.75, 3.05) is 20.8 Å². The number of halogens is 1. The number of carbonyl (C=O) groups is 1. The highest BCUT2D eigenvalue weighted by atomic mass is 19.1. The average molecular weight is 346 g/mol. The molecule has 0 saturated carbocycles. The Balaban J connectivity index is 1.95. The van der Waals surface area contributed by atoms with Gasteiger partial charge in [-0.05, 0) is 30.2 Å². The lowest BCUT2D eigenvalue weighted by atomic mass is 9.98. The minimum Gasteiger partial charge on any atom is -0.497 e. The van der Waals surface area contributed by atoms with Crippen LogP contribution >= 0.6 is 0 Å². The molecule has 0 aromatic heterocycles. The van der Waals surface area contributed by atoms with E-state index < -0.39 is 5.91 Å². The Morgan fingerprint density at radius 2 is 1.88 bits per heavy atom. The molecule has 0 aliphatic heterocycles. The second-order valence-corrected chi connectivity index (χ2v) is 5.74. The van der Waals surface area contributed by atoms with Crippen molar-refractivity contribution in [1.29, 1.82) is 0 Å². The van der Waals surface area contributed by atoms with Crippen LogP contribution in [0.2, 0.25) is 0 Å². The van der Waals surface area contributed by atoms with Gasteiger partial charge in [-0.2, -0.15) is 0 Å². The first-order chi connectivity index (χ1) is 12.0. The molecule has 0 radical (unpaired) electrons. The van der Waals surface area contributed by atoms with Gasteiger partial charge in [-0.1, -0.05) is 18.2 Å². The van der Waals surface area contributed by atoms with Gasteiger partial charge in [0, 0.05) is 24.7 Å². The molecule has 3 N–H and O–H groups in total. The van der Waals surface area contributed by atoms with Gasteiger partial charge in [0.25, 0.3) is 0 Å². The Morgan fingerprint density at radius 3 is 2.48 bits per heavy atom. The first-order valence-corrected chi connectivity index (χ1v) is 7.99. The Kier molecular flexibility index (Phi) is 6.77. The van der Waals surface area contributed by atoms with Crippen LogP contribution in [0.1, 0.15) is 11.1 Å². The lowest BCUT2D eigenvalue weighted by molar-refractivity contribution is -0.121. The summed E-state index contributed by atoms with van der Waals surface area (Å²) in [4.78, 5) is 11.7. The molecule has 5 nitrogen and oxygen atoms in total. The van der Waals surface area contributed by atoms with Crippen LogP contribution in [0.5, 0.6) is 11.5 Å². The Hall–Kier alpha value is -2.60. The number of benzene rings is 2. The van der Waals surface area contributed by atoms with Gasteiger partial charge in [-0.25, -0.2) is 4.39 Å². The molecule has 1 atom stereocenters. The molecule has 1 amide bonds. The fraction of sp³-hybridized carbons (Fsp3) is 0.316. The van der Waals surface area contributed by atoms with E-state index in [1.807, 2.05) is 12.1 Å². The van der Waals surface area contributed by atoms with Crippen LogP contribution in [0.3, 0.4) is 0 Å². The maximum atomic E-state index is 13.0. The fourth-order valence-corrected chi connectivity index (χ4v) is 2.56. The predicted molar refractivity (Wildman–Crippen MR) is 94.0 cm³/mol. The molecule has 134 valence electrons. The van der Waals surface area contributed by atoms with Gasteiger partial charge in [-0.3, -0.25) is 4.79 Å². The second kappa shape index (κ2) is 9.03. The molecular weight excluding hydrogens is 323 g/mol. The number of nitrogens with one attached hydrogen (secondary N) is 1. The van der Waals surface area contributed by atoms with Crippen molar-refractivity contribution in [2.45, 2.75) is 13.0 Å². The minimum atomic E-state index is -0.390. The summed E-state index contributed by atoms with van der Waals surface area (Å²) in [6.45, 7) is 0.947. The zero-order valence-electron chi connectivity index (χ0n) is 14.4. The van der Waals surface area contributed by atoms with Crippen LogP contribution in [-0.2, 0) is 17.8 Å². The van der Waals surface area contributed by atoms with E-state index >= 15 is 0 Å². The van der Waals surface area contributed by atoms with Crippen LogP contribution in [-0.4, -0.2) is 26.7 Å². The first kappa shape index (κ1) is 18.7. The Labute approximate surface area is 146 Å². The fourth-order valence-electron chi connectivity index (χ4n) is 2.56. The van der Waals surface area contributed by atoms with Gasteiger partial charge in [-0.15, -0.1) is 0 Å². The molecule has 6 heteroatoms. The summed E-state index contributed by atoms with van der Waals surface area (Å²) in [5, 5.41) is 3.23. The number of amides is 1. The average Bonchev–Trinajstić information content (AvgIpc) is 2.62. The Bertz CT molecular complexity index is 704. The summed E-state index contributed by atoms with van der Waals surface area (Å²) in [5.74, 6) is 0.352. The smallest absolute Gasteiger partial charge is 0.222 e. The van der Waals surface area contributed by atoms with Crippen LogP contribution < -0.4 is 20.5 Å². The third-order valence-corrected chi connectivity index (χ3v) is 4.00. The van der Waals surface area contributed by atoms with Gasteiger partial charge in [0.05, 0.1) is 20.1 Å². The van der Waals surface area contributed by atoms with Crippen LogP contribution in [0.15, 0.2) is 42.5 Å². The van der Waals surface area contributed by atoms with Crippen molar-refractivity contribution < 1.29 is 18.7 Å². The molecular formula is C19H23FN2O3. The maximum absolute atomic E-state index is 13.0. The minimum absolute atomic E-state index is 0.302. The molecule has 0 fully saturated rings. The number of hydrogen-bond acceptors (Lipinski definition) is 4. The zero-order chi connectivity index (χ0) is 18.2. The number of rotatable bonds is 9. The third-order valence-electron chi connectivity index (χ3n) is 4.00. The highest BCUT2D eigenvalue weighted by molar-refractivity contribution is 5.77. The molecule has 0 bridgehead atoms. The topological polar surface area (TPSA) is 73.6 Å². The van der Waals surface area contributed by atoms with E-state index in [4.69, 9.17) is 15.2 Å². The predicted octanol–water partition coefficient (Wildman–Crippen LogP) is 2.28. The summed E-state index contributed by atoms with van der Waals surface area (Å²) in [5.41, 5.74) is 7.32.